The molecule has 1 atom stereocenters. The smallest absolute Gasteiger partial charge is 0.0292 e. The molecule has 0 bridgehead atoms. The van der Waals surface area contributed by atoms with Crippen LogP contribution >= 0.6 is 0 Å². The summed E-state index contributed by atoms with van der Waals surface area (Å²) in [7, 11) is 0. The van der Waals surface area contributed by atoms with Crippen LogP contribution in [-0.2, 0) is 44.1 Å². The Balaban J connectivity index is 0.00000210. The SMILES string of the molecule is CC1=C(C)C(C)(C2(C(C)C)C=Cc3cc4c(cc32)CCCC4)C(C)=C1C.[Hf]. The van der Waals surface area contributed by atoms with E-state index in [9.17, 15) is 0 Å². The van der Waals surface area contributed by atoms with E-state index in [1.54, 1.807) is 27.8 Å². The first-order chi connectivity index (χ1) is 12.2. The third-order valence-electron chi connectivity index (χ3n) is 8.41. The van der Waals surface area contributed by atoms with Gasteiger partial charge in [0.05, 0.1) is 0 Å². The van der Waals surface area contributed by atoms with Crippen molar-refractivity contribution in [3.63, 3.8) is 0 Å². The normalized spacial score (nSPS) is 25.8. The van der Waals surface area contributed by atoms with E-state index in [0.717, 1.165) is 0 Å². The van der Waals surface area contributed by atoms with Crippen molar-refractivity contribution in [2.24, 2.45) is 11.3 Å². The van der Waals surface area contributed by atoms with Gasteiger partial charge in [-0.1, -0.05) is 56.2 Å². The van der Waals surface area contributed by atoms with Crippen molar-refractivity contribution in [3.8, 4) is 0 Å². The molecule has 0 aliphatic heterocycles. The molecule has 1 aromatic rings. The Bertz CT molecular complexity index is 854. The number of rotatable bonds is 2. The van der Waals surface area contributed by atoms with Crippen molar-refractivity contribution in [2.75, 3.05) is 0 Å². The second kappa shape index (κ2) is 6.97. The zero-order valence-electron chi connectivity index (χ0n) is 18.2. The van der Waals surface area contributed by atoms with E-state index < -0.39 is 0 Å². The summed E-state index contributed by atoms with van der Waals surface area (Å²) < 4.78 is 0. The molecule has 0 saturated carbocycles. The summed E-state index contributed by atoms with van der Waals surface area (Å²) in [5.41, 5.74) is 12.5. The van der Waals surface area contributed by atoms with Crippen LogP contribution in [0.2, 0.25) is 0 Å². The molecule has 4 rings (SSSR count). The van der Waals surface area contributed by atoms with E-state index in [0.29, 0.717) is 5.92 Å². The molecule has 1 aromatic carbocycles. The minimum atomic E-state index is 0. The Morgan fingerprint density at radius 3 is 1.89 bits per heavy atom. The van der Waals surface area contributed by atoms with Crippen LogP contribution in [0.25, 0.3) is 6.08 Å². The van der Waals surface area contributed by atoms with Crippen molar-refractivity contribution >= 4 is 6.08 Å². The molecule has 0 aromatic heterocycles. The topological polar surface area (TPSA) is 0 Å². The summed E-state index contributed by atoms with van der Waals surface area (Å²) in [6.07, 6.45) is 10.2. The van der Waals surface area contributed by atoms with Crippen LogP contribution in [0.3, 0.4) is 0 Å². The van der Waals surface area contributed by atoms with Crippen LogP contribution in [0, 0.1) is 11.3 Å². The molecule has 3 aliphatic carbocycles. The van der Waals surface area contributed by atoms with Gasteiger partial charge < -0.3 is 0 Å². The van der Waals surface area contributed by atoms with E-state index in [1.165, 1.54) is 42.4 Å². The van der Waals surface area contributed by atoms with Crippen molar-refractivity contribution in [1.29, 1.82) is 0 Å². The number of benzene rings is 1. The fourth-order valence-corrected chi connectivity index (χ4v) is 6.34. The monoisotopic (exact) mass is 526 g/mol. The van der Waals surface area contributed by atoms with E-state index in [-0.39, 0.29) is 36.7 Å². The summed E-state index contributed by atoms with van der Waals surface area (Å²) in [5, 5.41) is 0. The average Bonchev–Trinajstić information content (AvgIpc) is 3.08. The minimum absolute atomic E-state index is 0. The molecule has 0 fully saturated rings. The Hall–Kier alpha value is -0.690. The third kappa shape index (κ3) is 2.56. The van der Waals surface area contributed by atoms with Gasteiger partial charge in [-0.25, -0.2) is 0 Å². The van der Waals surface area contributed by atoms with Crippen LogP contribution in [0.1, 0.15) is 83.6 Å². The Morgan fingerprint density at radius 1 is 0.852 bits per heavy atom. The molecule has 0 heterocycles. The number of fused-ring (bicyclic) bond motifs is 2. The predicted molar refractivity (Wildman–Crippen MR) is 113 cm³/mol. The van der Waals surface area contributed by atoms with E-state index >= 15 is 0 Å². The zero-order chi connectivity index (χ0) is 18.9. The van der Waals surface area contributed by atoms with Gasteiger partial charge >= 0.3 is 0 Å². The van der Waals surface area contributed by atoms with Gasteiger partial charge in [0.25, 0.3) is 0 Å². The molecule has 0 N–H and O–H groups in total. The van der Waals surface area contributed by atoms with Gasteiger partial charge in [0.1, 0.15) is 0 Å². The summed E-state index contributed by atoms with van der Waals surface area (Å²) in [5.74, 6) is 0.551. The van der Waals surface area contributed by atoms with E-state index in [4.69, 9.17) is 0 Å². The maximum absolute atomic E-state index is 2.60. The van der Waals surface area contributed by atoms with E-state index in [2.05, 4.69) is 72.8 Å². The van der Waals surface area contributed by atoms with Gasteiger partial charge in [-0.15, -0.1) is 0 Å². The molecule has 3 aliphatic rings. The first kappa shape index (κ1) is 21.0. The quantitative estimate of drug-likeness (QED) is 0.360. The average molecular weight is 525 g/mol. The molecule has 1 unspecified atom stereocenters. The van der Waals surface area contributed by atoms with Crippen molar-refractivity contribution < 1.29 is 25.8 Å². The van der Waals surface area contributed by atoms with Crippen LogP contribution < -0.4 is 0 Å². The summed E-state index contributed by atoms with van der Waals surface area (Å²) in [6.45, 7) is 16.8. The minimum Gasteiger partial charge on any atom is -0.0719 e. The fourth-order valence-electron chi connectivity index (χ4n) is 6.34. The van der Waals surface area contributed by atoms with Crippen LogP contribution in [0.5, 0.6) is 0 Å². The fraction of sp³-hybridized carbons (Fsp3) is 0.538. The molecular weight excluding hydrogens is 491 g/mol. The van der Waals surface area contributed by atoms with Crippen LogP contribution in [0.15, 0.2) is 40.5 Å². The standard InChI is InChI=1S/C26H34.Hf/c1-16(2)26(25(7)19(5)17(3)18(4)20(25)6)13-12-23-14-21-10-8-9-11-22(21)15-24(23)26;/h12-16H,8-11H2,1-7H3;. The Morgan fingerprint density at radius 2 is 1.37 bits per heavy atom. The number of hydrogen-bond donors (Lipinski definition) is 0. The molecular formula is C26H34Hf. The molecule has 0 spiro atoms. The first-order valence-corrected chi connectivity index (χ1v) is 10.5. The van der Waals surface area contributed by atoms with Gasteiger partial charge in [0.15, 0.2) is 0 Å². The van der Waals surface area contributed by atoms with Crippen molar-refractivity contribution in [1.82, 2.24) is 0 Å². The third-order valence-corrected chi connectivity index (χ3v) is 8.41. The molecule has 142 valence electrons. The molecule has 27 heavy (non-hydrogen) atoms. The molecule has 0 saturated heterocycles. The van der Waals surface area contributed by atoms with Crippen LogP contribution in [-0.4, -0.2) is 0 Å². The maximum Gasteiger partial charge on any atom is 0.0292 e. The molecule has 0 nitrogen and oxygen atoms in total. The second-order valence-electron chi connectivity index (χ2n) is 9.40. The zero-order valence-corrected chi connectivity index (χ0v) is 21.8. The first-order valence-electron chi connectivity index (χ1n) is 10.5. The molecule has 0 amide bonds. The molecule has 1 heteroatoms. The number of allylic oxidation sites excluding steroid dienone is 5. The van der Waals surface area contributed by atoms with Crippen molar-refractivity contribution in [3.05, 3.63) is 62.8 Å². The number of hydrogen-bond acceptors (Lipinski definition) is 0. The Labute approximate surface area is 185 Å². The summed E-state index contributed by atoms with van der Waals surface area (Å²) >= 11 is 0. The van der Waals surface area contributed by atoms with E-state index in [1.807, 2.05) is 0 Å². The number of aryl methyl sites for hydroxylation is 2. The maximum atomic E-state index is 2.60. The second-order valence-corrected chi connectivity index (χ2v) is 9.40. The van der Waals surface area contributed by atoms with Gasteiger partial charge in [-0.3, -0.25) is 0 Å². The molecule has 0 radical (unpaired) electrons. The van der Waals surface area contributed by atoms with Gasteiger partial charge in [-0.05, 0) is 92.7 Å². The van der Waals surface area contributed by atoms with Gasteiger partial charge in [-0.2, -0.15) is 0 Å². The van der Waals surface area contributed by atoms with Crippen LogP contribution in [0.4, 0.5) is 0 Å². The Kier molecular flexibility index (Phi) is 5.43. The summed E-state index contributed by atoms with van der Waals surface area (Å²) in [4.78, 5) is 0. The largest absolute Gasteiger partial charge is 0.0719 e. The predicted octanol–water partition coefficient (Wildman–Crippen LogP) is 7.18. The summed E-state index contributed by atoms with van der Waals surface area (Å²) in [6, 6.07) is 5.11. The van der Waals surface area contributed by atoms with Gasteiger partial charge in [0, 0.05) is 36.7 Å². The van der Waals surface area contributed by atoms with Crippen molar-refractivity contribution in [2.45, 2.75) is 79.6 Å². The van der Waals surface area contributed by atoms with Gasteiger partial charge in [0.2, 0.25) is 0 Å².